The molecule has 0 aliphatic heterocycles. The zero-order valence-electron chi connectivity index (χ0n) is 11.4. The monoisotopic (exact) mass is 256 g/mol. The van der Waals surface area contributed by atoms with Crippen molar-refractivity contribution in [2.45, 2.75) is 44.9 Å². The maximum atomic E-state index is 5.96. The largest absolute Gasteiger partial charge is 0.394 e. The van der Waals surface area contributed by atoms with E-state index in [2.05, 4.69) is 29.4 Å². The van der Waals surface area contributed by atoms with Crippen LogP contribution in [-0.2, 0) is 0 Å². The second-order valence-corrected chi connectivity index (χ2v) is 5.47. The SMILES string of the molecule is Cc1noc(-c2ccc(C3CCCCC3)cc2)c1N. The molecule has 0 spiro atoms. The molecule has 1 fully saturated rings. The Balaban J connectivity index is 1.84. The van der Waals surface area contributed by atoms with Gasteiger partial charge in [-0.3, -0.25) is 0 Å². The van der Waals surface area contributed by atoms with Gasteiger partial charge in [-0.2, -0.15) is 0 Å². The summed E-state index contributed by atoms with van der Waals surface area (Å²) in [6, 6.07) is 8.62. The molecule has 100 valence electrons. The summed E-state index contributed by atoms with van der Waals surface area (Å²) in [5, 5.41) is 3.90. The van der Waals surface area contributed by atoms with Gasteiger partial charge in [0.15, 0.2) is 5.76 Å². The molecule has 1 saturated carbocycles. The summed E-state index contributed by atoms with van der Waals surface area (Å²) in [6.07, 6.45) is 6.76. The van der Waals surface area contributed by atoms with Crippen molar-refractivity contribution < 1.29 is 4.52 Å². The molecule has 2 N–H and O–H groups in total. The quantitative estimate of drug-likeness (QED) is 0.872. The van der Waals surface area contributed by atoms with Gasteiger partial charge in [-0.15, -0.1) is 0 Å². The maximum absolute atomic E-state index is 5.96. The fourth-order valence-electron chi connectivity index (χ4n) is 2.93. The molecule has 19 heavy (non-hydrogen) atoms. The number of aryl methyl sites for hydroxylation is 1. The van der Waals surface area contributed by atoms with Crippen LogP contribution in [0.5, 0.6) is 0 Å². The van der Waals surface area contributed by atoms with Crippen molar-refractivity contribution in [3.63, 3.8) is 0 Å². The number of nitrogen functional groups attached to an aromatic ring is 1. The maximum Gasteiger partial charge on any atom is 0.189 e. The summed E-state index contributed by atoms with van der Waals surface area (Å²) in [5.41, 5.74) is 9.81. The molecule has 3 heteroatoms. The van der Waals surface area contributed by atoms with Crippen molar-refractivity contribution in [1.29, 1.82) is 0 Å². The van der Waals surface area contributed by atoms with Gasteiger partial charge in [-0.25, -0.2) is 0 Å². The highest BCUT2D eigenvalue weighted by Gasteiger charge is 2.16. The highest BCUT2D eigenvalue weighted by molar-refractivity contribution is 5.72. The van der Waals surface area contributed by atoms with Gasteiger partial charge >= 0.3 is 0 Å². The zero-order valence-corrected chi connectivity index (χ0v) is 11.4. The molecule has 0 unspecified atom stereocenters. The first-order chi connectivity index (χ1) is 9.25. The van der Waals surface area contributed by atoms with E-state index in [1.165, 1.54) is 37.7 Å². The molecule has 1 aromatic heterocycles. The Hall–Kier alpha value is -1.77. The van der Waals surface area contributed by atoms with Crippen LogP contribution in [-0.4, -0.2) is 5.16 Å². The molecule has 1 aliphatic rings. The molecule has 0 atom stereocenters. The lowest BCUT2D eigenvalue weighted by Gasteiger charge is -2.21. The van der Waals surface area contributed by atoms with Gasteiger partial charge in [-0.1, -0.05) is 48.7 Å². The zero-order chi connectivity index (χ0) is 13.2. The first-order valence-corrected chi connectivity index (χ1v) is 7.08. The van der Waals surface area contributed by atoms with E-state index in [1.807, 2.05) is 6.92 Å². The number of hydrogen-bond acceptors (Lipinski definition) is 3. The predicted molar refractivity (Wildman–Crippen MR) is 76.9 cm³/mol. The molecule has 3 rings (SSSR count). The van der Waals surface area contributed by atoms with E-state index >= 15 is 0 Å². The summed E-state index contributed by atoms with van der Waals surface area (Å²) in [7, 11) is 0. The van der Waals surface area contributed by atoms with Crippen molar-refractivity contribution in [3.05, 3.63) is 35.5 Å². The van der Waals surface area contributed by atoms with Crippen molar-refractivity contribution in [3.8, 4) is 11.3 Å². The highest BCUT2D eigenvalue weighted by atomic mass is 16.5. The van der Waals surface area contributed by atoms with E-state index in [0.29, 0.717) is 11.4 Å². The van der Waals surface area contributed by atoms with Gasteiger partial charge in [0.2, 0.25) is 0 Å². The Kier molecular flexibility index (Phi) is 3.28. The Morgan fingerprint density at radius 3 is 2.37 bits per heavy atom. The Morgan fingerprint density at radius 2 is 1.79 bits per heavy atom. The standard InChI is InChI=1S/C16H20N2O/c1-11-15(17)16(19-18-11)14-9-7-13(8-10-14)12-5-3-2-4-6-12/h7-10,12H,2-6,17H2,1H3. The van der Waals surface area contributed by atoms with Crippen LogP contribution in [0.1, 0.15) is 49.3 Å². The van der Waals surface area contributed by atoms with Crippen LogP contribution in [0.25, 0.3) is 11.3 Å². The van der Waals surface area contributed by atoms with Crippen LogP contribution in [0.3, 0.4) is 0 Å². The molecular formula is C16H20N2O. The van der Waals surface area contributed by atoms with Gasteiger partial charge in [0.1, 0.15) is 11.4 Å². The van der Waals surface area contributed by atoms with E-state index < -0.39 is 0 Å². The van der Waals surface area contributed by atoms with Crippen LogP contribution in [0.4, 0.5) is 5.69 Å². The van der Waals surface area contributed by atoms with Crippen molar-refractivity contribution in [2.24, 2.45) is 0 Å². The van der Waals surface area contributed by atoms with Crippen molar-refractivity contribution in [1.82, 2.24) is 5.16 Å². The molecule has 0 radical (unpaired) electrons. The lowest BCUT2D eigenvalue weighted by atomic mass is 9.84. The molecule has 0 amide bonds. The summed E-state index contributed by atoms with van der Waals surface area (Å²) >= 11 is 0. The second kappa shape index (κ2) is 5.08. The van der Waals surface area contributed by atoms with E-state index in [0.717, 1.165) is 17.2 Å². The van der Waals surface area contributed by atoms with Gasteiger partial charge in [0.25, 0.3) is 0 Å². The van der Waals surface area contributed by atoms with E-state index in [-0.39, 0.29) is 0 Å². The van der Waals surface area contributed by atoms with Crippen molar-refractivity contribution >= 4 is 5.69 Å². The Bertz CT molecular complexity index is 551. The number of anilines is 1. The van der Waals surface area contributed by atoms with E-state index in [9.17, 15) is 0 Å². The number of nitrogens with zero attached hydrogens (tertiary/aromatic N) is 1. The lowest BCUT2D eigenvalue weighted by Crippen LogP contribution is -2.04. The summed E-state index contributed by atoms with van der Waals surface area (Å²) in [4.78, 5) is 0. The minimum Gasteiger partial charge on any atom is -0.394 e. The normalized spacial score (nSPS) is 16.7. The minimum atomic E-state index is 0.644. The number of aromatic nitrogens is 1. The molecule has 0 saturated heterocycles. The van der Waals surface area contributed by atoms with Gasteiger partial charge < -0.3 is 10.3 Å². The number of nitrogens with two attached hydrogens (primary N) is 1. The molecule has 1 heterocycles. The van der Waals surface area contributed by atoms with Crippen LogP contribution in [0, 0.1) is 6.92 Å². The topological polar surface area (TPSA) is 52.0 Å². The van der Waals surface area contributed by atoms with Crippen molar-refractivity contribution in [2.75, 3.05) is 5.73 Å². The third kappa shape index (κ3) is 2.37. The van der Waals surface area contributed by atoms with Gasteiger partial charge in [-0.05, 0) is 31.2 Å². The minimum absolute atomic E-state index is 0.644. The highest BCUT2D eigenvalue weighted by Crippen LogP contribution is 2.34. The van der Waals surface area contributed by atoms with Crippen LogP contribution >= 0.6 is 0 Å². The predicted octanol–water partition coefficient (Wildman–Crippen LogP) is 4.28. The summed E-state index contributed by atoms with van der Waals surface area (Å²) in [5.74, 6) is 1.42. The Labute approximate surface area is 113 Å². The number of benzene rings is 1. The third-order valence-corrected chi connectivity index (χ3v) is 4.16. The number of rotatable bonds is 2. The van der Waals surface area contributed by atoms with Crippen LogP contribution in [0.15, 0.2) is 28.8 Å². The smallest absolute Gasteiger partial charge is 0.189 e. The Morgan fingerprint density at radius 1 is 1.11 bits per heavy atom. The molecular weight excluding hydrogens is 236 g/mol. The molecule has 1 aliphatic carbocycles. The fraction of sp³-hybridized carbons (Fsp3) is 0.438. The second-order valence-electron chi connectivity index (χ2n) is 5.47. The van der Waals surface area contributed by atoms with E-state index in [1.54, 1.807) is 0 Å². The first kappa shape index (κ1) is 12.3. The van der Waals surface area contributed by atoms with Crippen LogP contribution in [0.2, 0.25) is 0 Å². The average Bonchev–Trinajstić information content (AvgIpc) is 2.80. The van der Waals surface area contributed by atoms with Gasteiger partial charge in [0, 0.05) is 5.56 Å². The first-order valence-electron chi connectivity index (χ1n) is 7.08. The van der Waals surface area contributed by atoms with E-state index in [4.69, 9.17) is 10.3 Å². The molecule has 3 nitrogen and oxygen atoms in total. The third-order valence-electron chi connectivity index (χ3n) is 4.16. The lowest BCUT2D eigenvalue weighted by molar-refractivity contribution is 0.427. The average molecular weight is 256 g/mol. The van der Waals surface area contributed by atoms with Gasteiger partial charge in [0.05, 0.1) is 0 Å². The van der Waals surface area contributed by atoms with Crippen LogP contribution < -0.4 is 5.73 Å². The summed E-state index contributed by atoms with van der Waals surface area (Å²) < 4.78 is 5.29. The molecule has 2 aromatic rings. The number of hydrogen-bond donors (Lipinski definition) is 1. The molecule has 0 bridgehead atoms. The summed E-state index contributed by atoms with van der Waals surface area (Å²) in [6.45, 7) is 1.86. The molecule has 1 aromatic carbocycles. The fourth-order valence-corrected chi connectivity index (χ4v) is 2.93.